The summed E-state index contributed by atoms with van der Waals surface area (Å²) in [5, 5.41) is 2.65. The second-order valence-electron chi connectivity index (χ2n) is 7.20. The highest BCUT2D eigenvalue weighted by molar-refractivity contribution is 8.00. The van der Waals surface area contributed by atoms with Gasteiger partial charge in [-0.15, -0.1) is 11.8 Å². The van der Waals surface area contributed by atoms with Crippen molar-refractivity contribution < 1.29 is 22.7 Å². The summed E-state index contributed by atoms with van der Waals surface area (Å²) in [4.78, 5) is 13.5. The molecule has 0 aromatic heterocycles. The predicted octanol–water partition coefficient (Wildman–Crippen LogP) is 2.69. The van der Waals surface area contributed by atoms with Gasteiger partial charge in [-0.3, -0.25) is 4.79 Å². The molecule has 168 valence electrons. The Morgan fingerprint density at radius 1 is 1.13 bits per heavy atom. The zero-order valence-corrected chi connectivity index (χ0v) is 19.4. The number of carbonyl (C=O) groups excluding carboxylic acids is 1. The molecular formula is C22H28N2O5S2. The Morgan fingerprint density at radius 2 is 1.77 bits per heavy atom. The average Bonchev–Trinajstić information content (AvgIpc) is 2.79. The number of aryl methyl sites for hydroxylation is 1. The Labute approximate surface area is 188 Å². The molecule has 31 heavy (non-hydrogen) atoms. The minimum Gasteiger partial charge on any atom is -0.492 e. The number of nitrogens with one attached hydrogen (secondary N) is 1. The molecule has 0 aliphatic carbocycles. The highest BCUT2D eigenvalue weighted by Gasteiger charge is 2.26. The van der Waals surface area contributed by atoms with Crippen LogP contribution in [-0.4, -0.2) is 63.3 Å². The molecule has 0 saturated carbocycles. The normalized spacial score (nSPS) is 15.9. The summed E-state index contributed by atoms with van der Waals surface area (Å²) >= 11 is 1.51. The van der Waals surface area contributed by atoms with E-state index in [1.54, 1.807) is 24.3 Å². The van der Waals surface area contributed by atoms with Gasteiger partial charge in [-0.1, -0.05) is 17.7 Å². The number of nitrogens with zero attached hydrogens (tertiary/aromatic N) is 1. The first-order valence-electron chi connectivity index (χ1n) is 10.2. The number of benzene rings is 2. The summed E-state index contributed by atoms with van der Waals surface area (Å²) in [7, 11) is -3.51. The molecule has 2 aromatic carbocycles. The number of hydrogen-bond donors (Lipinski definition) is 1. The monoisotopic (exact) mass is 464 g/mol. The maximum absolute atomic E-state index is 12.6. The predicted molar refractivity (Wildman–Crippen MR) is 121 cm³/mol. The molecule has 1 unspecified atom stereocenters. The number of rotatable bonds is 9. The fourth-order valence-electron chi connectivity index (χ4n) is 3.01. The van der Waals surface area contributed by atoms with Crippen molar-refractivity contribution in [3.63, 3.8) is 0 Å². The van der Waals surface area contributed by atoms with Gasteiger partial charge in [0.25, 0.3) is 0 Å². The van der Waals surface area contributed by atoms with E-state index in [0.717, 1.165) is 4.90 Å². The zero-order chi connectivity index (χ0) is 22.3. The molecule has 1 saturated heterocycles. The molecule has 0 radical (unpaired) electrons. The van der Waals surface area contributed by atoms with Gasteiger partial charge in [0.15, 0.2) is 0 Å². The number of hydrogen-bond acceptors (Lipinski definition) is 6. The number of morpholine rings is 1. The van der Waals surface area contributed by atoms with E-state index in [9.17, 15) is 13.2 Å². The molecule has 1 fully saturated rings. The van der Waals surface area contributed by atoms with E-state index in [1.165, 1.54) is 21.6 Å². The first kappa shape index (κ1) is 23.6. The number of carbonyl (C=O) groups is 1. The van der Waals surface area contributed by atoms with E-state index in [2.05, 4.69) is 5.32 Å². The van der Waals surface area contributed by atoms with Crippen LogP contribution in [0.2, 0.25) is 0 Å². The smallest absolute Gasteiger partial charge is 0.243 e. The van der Waals surface area contributed by atoms with Crippen molar-refractivity contribution >= 4 is 27.7 Å². The Balaban J connectivity index is 1.42. The summed E-state index contributed by atoms with van der Waals surface area (Å²) in [6, 6.07) is 14.4. The van der Waals surface area contributed by atoms with Crippen LogP contribution in [0.1, 0.15) is 12.5 Å². The summed E-state index contributed by atoms with van der Waals surface area (Å²) in [6.07, 6.45) is 0. The van der Waals surface area contributed by atoms with Crippen molar-refractivity contribution in [2.45, 2.75) is 28.9 Å². The summed E-state index contributed by atoms with van der Waals surface area (Å²) in [5.74, 6) is 0.499. The largest absolute Gasteiger partial charge is 0.492 e. The second kappa shape index (κ2) is 11.0. The number of sulfonamides is 1. The molecule has 2 aromatic rings. The van der Waals surface area contributed by atoms with Crippen molar-refractivity contribution in [2.75, 3.05) is 39.5 Å². The van der Waals surface area contributed by atoms with E-state index in [-0.39, 0.29) is 16.1 Å². The van der Waals surface area contributed by atoms with E-state index in [4.69, 9.17) is 9.47 Å². The maximum atomic E-state index is 12.6. The number of thioether (sulfide) groups is 1. The van der Waals surface area contributed by atoms with Gasteiger partial charge in [-0.05, 0) is 50.2 Å². The minimum atomic E-state index is -3.51. The van der Waals surface area contributed by atoms with Crippen LogP contribution >= 0.6 is 11.8 Å². The molecule has 1 atom stereocenters. The topological polar surface area (TPSA) is 84.9 Å². The van der Waals surface area contributed by atoms with Gasteiger partial charge >= 0.3 is 0 Å². The van der Waals surface area contributed by atoms with Gasteiger partial charge in [-0.2, -0.15) is 4.31 Å². The summed E-state index contributed by atoms with van der Waals surface area (Å²) in [5.41, 5.74) is 1.19. The third kappa shape index (κ3) is 6.70. The molecule has 3 rings (SSSR count). The van der Waals surface area contributed by atoms with E-state index < -0.39 is 10.0 Å². The molecular weight excluding hydrogens is 436 g/mol. The number of amides is 1. The lowest BCUT2D eigenvalue weighted by Crippen LogP contribution is -2.40. The maximum Gasteiger partial charge on any atom is 0.243 e. The minimum absolute atomic E-state index is 0.0545. The van der Waals surface area contributed by atoms with Gasteiger partial charge in [0.05, 0.1) is 29.9 Å². The quantitative estimate of drug-likeness (QED) is 0.454. The third-order valence-corrected chi connectivity index (χ3v) is 7.83. The molecule has 1 aliphatic rings. The summed E-state index contributed by atoms with van der Waals surface area (Å²) < 4.78 is 37.5. The van der Waals surface area contributed by atoms with Crippen molar-refractivity contribution in [3.8, 4) is 5.75 Å². The molecule has 0 bridgehead atoms. The Morgan fingerprint density at radius 3 is 2.42 bits per heavy atom. The first-order valence-corrected chi connectivity index (χ1v) is 12.5. The van der Waals surface area contributed by atoms with Crippen molar-refractivity contribution in [2.24, 2.45) is 0 Å². The summed E-state index contributed by atoms with van der Waals surface area (Å²) in [6.45, 7) is 6.11. The van der Waals surface area contributed by atoms with Crippen LogP contribution < -0.4 is 10.1 Å². The zero-order valence-electron chi connectivity index (χ0n) is 17.7. The van der Waals surface area contributed by atoms with Gasteiger partial charge in [0.2, 0.25) is 15.9 Å². The van der Waals surface area contributed by atoms with Gasteiger partial charge in [-0.25, -0.2) is 8.42 Å². The van der Waals surface area contributed by atoms with Crippen LogP contribution in [0, 0.1) is 6.92 Å². The van der Waals surface area contributed by atoms with E-state index >= 15 is 0 Å². The van der Waals surface area contributed by atoms with Crippen LogP contribution in [0.25, 0.3) is 0 Å². The lowest BCUT2D eigenvalue weighted by atomic mass is 10.2. The molecule has 1 heterocycles. The van der Waals surface area contributed by atoms with Crippen LogP contribution in [0.5, 0.6) is 5.75 Å². The molecule has 7 nitrogen and oxygen atoms in total. The third-order valence-electron chi connectivity index (χ3n) is 4.80. The lowest BCUT2D eigenvalue weighted by molar-refractivity contribution is -0.120. The van der Waals surface area contributed by atoms with Crippen LogP contribution in [0.3, 0.4) is 0 Å². The SMILES string of the molecule is Cc1ccc(SC(C)C(=O)NCCOc2ccc(S(=O)(=O)N3CCOCC3)cc2)cc1. The molecule has 1 amide bonds. The standard InChI is InChI=1S/C22H28N2O5S2/c1-17-3-7-20(8-4-17)30-18(2)22(25)23-11-14-29-19-5-9-21(10-6-19)31(26,27)24-12-15-28-16-13-24/h3-10,18H,11-16H2,1-2H3,(H,23,25). The lowest BCUT2D eigenvalue weighted by Gasteiger charge is -2.26. The van der Waals surface area contributed by atoms with Gasteiger partial charge < -0.3 is 14.8 Å². The van der Waals surface area contributed by atoms with Crippen LogP contribution in [0.4, 0.5) is 0 Å². The Bertz CT molecular complexity index is 956. The van der Waals surface area contributed by atoms with E-state index in [0.29, 0.717) is 45.2 Å². The second-order valence-corrected chi connectivity index (χ2v) is 10.6. The molecule has 1 aliphatic heterocycles. The molecule has 0 spiro atoms. The van der Waals surface area contributed by atoms with Crippen LogP contribution in [-0.2, 0) is 19.6 Å². The molecule has 1 N–H and O–H groups in total. The highest BCUT2D eigenvalue weighted by atomic mass is 32.2. The fourth-order valence-corrected chi connectivity index (χ4v) is 5.30. The van der Waals surface area contributed by atoms with Crippen LogP contribution in [0.15, 0.2) is 58.3 Å². The first-order chi connectivity index (χ1) is 14.9. The molecule has 9 heteroatoms. The van der Waals surface area contributed by atoms with E-state index in [1.807, 2.05) is 38.1 Å². The average molecular weight is 465 g/mol. The van der Waals surface area contributed by atoms with Gasteiger partial charge in [0.1, 0.15) is 12.4 Å². The van der Waals surface area contributed by atoms with Gasteiger partial charge in [0, 0.05) is 18.0 Å². The Hall–Kier alpha value is -2.07. The Kier molecular flexibility index (Phi) is 8.36. The van der Waals surface area contributed by atoms with Crippen molar-refractivity contribution in [1.82, 2.24) is 9.62 Å². The fraction of sp³-hybridized carbons (Fsp3) is 0.409. The van der Waals surface area contributed by atoms with Crippen molar-refractivity contribution in [3.05, 3.63) is 54.1 Å². The van der Waals surface area contributed by atoms with Crippen molar-refractivity contribution in [1.29, 1.82) is 0 Å². The number of ether oxygens (including phenoxy) is 2. The highest BCUT2D eigenvalue weighted by Crippen LogP contribution is 2.23.